The zero-order chi connectivity index (χ0) is 15.7. The van der Waals surface area contributed by atoms with Gasteiger partial charge in [-0.05, 0) is 43.5 Å². The normalized spacial score (nSPS) is 23.0. The molecule has 2 aromatic rings. The lowest BCUT2D eigenvalue weighted by Gasteiger charge is -2.36. The van der Waals surface area contributed by atoms with Crippen LogP contribution in [-0.2, 0) is 6.54 Å². The second kappa shape index (κ2) is 6.36. The van der Waals surface area contributed by atoms with Crippen LogP contribution in [0.1, 0.15) is 19.0 Å². The number of hydrogen-bond acceptors (Lipinski definition) is 4. The zero-order valence-corrected chi connectivity index (χ0v) is 13.5. The highest BCUT2D eigenvalue weighted by molar-refractivity contribution is 6.30. The highest BCUT2D eigenvalue weighted by atomic mass is 35.5. The average Bonchev–Trinajstić information content (AvgIpc) is 2.50. The van der Waals surface area contributed by atoms with Gasteiger partial charge in [-0.2, -0.15) is 0 Å². The third kappa shape index (κ3) is 3.16. The van der Waals surface area contributed by atoms with E-state index in [1.807, 2.05) is 0 Å². The average molecular weight is 321 g/mol. The van der Waals surface area contributed by atoms with Gasteiger partial charge in [0.15, 0.2) is 0 Å². The van der Waals surface area contributed by atoms with Gasteiger partial charge in [-0.25, -0.2) is 4.98 Å². The van der Waals surface area contributed by atoms with Gasteiger partial charge in [0.05, 0.1) is 10.7 Å². The molecule has 5 nitrogen and oxygen atoms in total. The van der Waals surface area contributed by atoms with Crippen molar-refractivity contribution >= 4 is 17.2 Å². The molecule has 118 valence electrons. The summed E-state index contributed by atoms with van der Waals surface area (Å²) in [6.07, 6.45) is 2.74. The SMILES string of the molecule is CC1CCN(Cc2cc(=O)n3cc(Cl)ccc3n2)CC1CN. The van der Waals surface area contributed by atoms with Crippen LogP contribution in [0.15, 0.2) is 29.2 Å². The van der Waals surface area contributed by atoms with Crippen molar-refractivity contribution in [2.45, 2.75) is 19.9 Å². The van der Waals surface area contributed by atoms with Crippen LogP contribution < -0.4 is 11.3 Å². The molecule has 0 aromatic carbocycles. The quantitative estimate of drug-likeness (QED) is 0.936. The Kier molecular flexibility index (Phi) is 4.47. The number of likely N-dealkylation sites (tertiary alicyclic amines) is 1. The number of fused-ring (bicyclic) bond motifs is 1. The first-order valence-electron chi connectivity index (χ1n) is 7.67. The Balaban J connectivity index is 1.82. The first-order chi connectivity index (χ1) is 10.6. The Bertz CT molecular complexity index is 730. The minimum Gasteiger partial charge on any atom is -0.330 e. The van der Waals surface area contributed by atoms with Crippen molar-refractivity contribution in [1.82, 2.24) is 14.3 Å². The summed E-state index contributed by atoms with van der Waals surface area (Å²) in [4.78, 5) is 19.1. The fourth-order valence-electron chi connectivity index (χ4n) is 3.11. The highest BCUT2D eigenvalue weighted by Gasteiger charge is 2.25. The van der Waals surface area contributed by atoms with Crippen LogP contribution in [0.25, 0.3) is 5.65 Å². The van der Waals surface area contributed by atoms with Gasteiger partial charge in [0.2, 0.25) is 0 Å². The van der Waals surface area contributed by atoms with Crippen molar-refractivity contribution in [3.05, 3.63) is 45.5 Å². The maximum Gasteiger partial charge on any atom is 0.258 e. The Labute approximate surface area is 134 Å². The number of pyridine rings is 1. The third-order valence-corrected chi connectivity index (χ3v) is 4.79. The molecule has 2 unspecified atom stereocenters. The van der Waals surface area contributed by atoms with E-state index in [1.165, 1.54) is 4.40 Å². The van der Waals surface area contributed by atoms with E-state index in [9.17, 15) is 4.79 Å². The number of halogens is 1. The summed E-state index contributed by atoms with van der Waals surface area (Å²) in [5.41, 5.74) is 7.20. The molecule has 2 aromatic heterocycles. The lowest BCUT2D eigenvalue weighted by molar-refractivity contribution is 0.125. The Hall–Kier alpha value is -1.43. The molecule has 0 spiro atoms. The summed E-state index contributed by atoms with van der Waals surface area (Å²) in [6, 6.07) is 5.12. The molecule has 3 rings (SSSR count). The van der Waals surface area contributed by atoms with Gasteiger partial charge in [0, 0.05) is 25.4 Å². The number of hydrogen-bond donors (Lipinski definition) is 1. The summed E-state index contributed by atoms with van der Waals surface area (Å²) in [5, 5.41) is 0.528. The molecule has 1 fully saturated rings. The van der Waals surface area contributed by atoms with Crippen LogP contribution in [0.3, 0.4) is 0 Å². The number of rotatable bonds is 3. The fraction of sp³-hybridized carbons (Fsp3) is 0.500. The molecule has 0 bridgehead atoms. The fourth-order valence-corrected chi connectivity index (χ4v) is 3.27. The van der Waals surface area contributed by atoms with Crippen molar-refractivity contribution in [1.29, 1.82) is 0 Å². The van der Waals surface area contributed by atoms with Crippen LogP contribution in [-0.4, -0.2) is 33.9 Å². The zero-order valence-electron chi connectivity index (χ0n) is 12.7. The minimum absolute atomic E-state index is 0.0942. The molecule has 22 heavy (non-hydrogen) atoms. The Morgan fingerprint density at radius 1 is 1.45 bits per heavy atom. The van der Waals surface area contributed by atoms with Gasteiger partial charge >= 0.3 is 0 Å². The van der Waals surface area contributed by atoms with Crippen LogP contribution in [0.4, 0.5) is 0 Å². The van der Waals surface area contributed by atoms with Gasteiger partial charge in [-0.15, -0.1) is 0 Å². The molecule has 2 atom stereocenters. The molecule has 0 amide bonds. The largest absolute Gasteiger partial charge is 0.330 e. The maximum atomic E-state index is 12.2. The van der Waals surface area contributed by atoms with Crippen LogP contribution in [0.5, 0.6) is 0 Å². The topological polar surface area (TPSA) is 63.6 Å². The van der Waals surface area contributed by atoms with Crippen molar-refractivity contribution in [2.24, 2.45) is 17.6 Å². The van der Waals surface area contributed by atoms with E-state index >= 15 is 0 Å². The third-order valence-electron chi connectivity index (χ3n) is 4.56. The number of nitrogens with two attached hydrogens (primary N) is 1. The molecule has 3 heterocycles. The highest BCUT2D eigenvalue weighted by Crippen LogP contribution is 2.23. The Morgan fingerprint density at radius 2 is 2.27 bits per heavy atom. The lowest BCUT2D eigenvalue weighted by Crippen LogP contribution is -2.42. The second-order valence-electron chi connectivity index (χ2n) is 6.16. The van der Waals surface area contributed by atoms with Crippen molar-refractivity contribution in [2.75, 3.05) is 19.6 Å². The standard InChI is InChI=1S/C16H21ClN4O/c1-11-4-5-20(8-12(11)7-18)10-14-6-16(22)21-9-13(17)2-3-15(21)19-14/h2-3,6,9,11-12H,4-5,7-8,10,18H2,1H3. The van der Waals surface area contributed by atoms with E-state index in [0.717, 1.165) is 25.2 Å². The molecule has 6 heteroatoms. The van der Waals surface area contributed by atoms with Gasteiger partial charge in [0.1, 0.15) is 5.65 Å². The Morgan fingerprint density at radius 3 is 3.05 bits per heavy atom. The van der Waals surface area contributed by atoms with Gasteiger partial charge in [-0.3, -0.25) is 14.1 Å². The predicted molar refractivity (Wildman–Crippen MR) is 88.1 cm³/mol. The first-order valence-corrected chi connectivity index (χ1v) is 8.05. The van der Waals surface area contributed by atoms with Crippen molar-refractivity contribution in [3.8, 4) is 0 Å². The minimum atomic E-state index is -0.0942. The van der Waals surface area contributed by atoms with E-state index in [-0.39, 0.29) is 5.56 Å². The number of aromatic nitrogens is 2. The van der Waals surface area contributed by atoms with E-state index < -0.39 is 0 Å². The van der Waals surface area contributed by atoms with Crippen LogP contribution >= 0.6 is 11.6 Å². The van der Waals surface area contributed by atoms with Crippen molar-refractivity contribution in [3.63, 3.8) is 0 Å². The van der Waals surface area contributed by atoms with E-state index in [4.69, 9.17) is 17.3 Å². The predicted octanol–water partition coefficient (Wildman–Crippen LogP) is 1.76. The summed E-state index contributed by atoms with van der Waals surface area (Å²) in [6.45, 7) is 5.67. The summed E-state index contributed by atoms with van der Waals surface area (Å²) in [7, 11) is 0. The van der Waals surface area contributed by atoms with Gasteiger partial charge in [-0.1, -0.05) is 18.5 Å². The smallest absolute Gasteiger partial charge is 0.258 e. The number of piperidine rings is 1. The summed E-state index contributed by atoms with van der Waals surface area (Å²) < 4.78 is 1.48. The monoisotopic (exact) mass is 320 g/mol. The van der Waals surface area contributed by atoms with Crippen molar-refractivity contribution < 1.29 is 0 Å². The summed E-state index contributed by atoms with van der Waals surface area (Å²) in [5.74, 6) is 1.19. The van der Waals surface area contributed by atoms with Gasteiger partial charge < -0.3 is 5.73 Å². The molecule has 0 saturated carbocycles. The first kappa shape index (κ1) is 15.5. The van der Waals surface area contributed by atoms with E-state index in [2.05, 4.69) is 16.8 Å². The van der Waals surface area contributed by atoms with Gasteiger partial charge in [0.25, 0.3) is 5.56 Å². The molecule has 0 aliphatic carbocycles. The van der Waals surface area contributed by atoms with Crippen LogP contribution in [0, 0.1) is 11.8 Å². The molecule has 1 aliphatic heterocycles. The molecular weight excluding hydrogens is 300 g/mol. The second-order valence-corrected chi connectivity index (χ2v) is 6.59. The molecule has 2 N–H and O–H groups in total. The lowest BCUT2D eigenvalue weighted by atomic mass is 9.87. The van der Waals surface area contributed by atoms with E-state index in [1.54, 1.807) is 24.4 Å². The summed E-state index contributed by atoms with van der Waals surface area (Å²) >= 11 is 5.92. The number of nitrogens with zero attached hydrogens (tertiary/aromatic N) is 3. The van der Waals surface area contributed by atoms with E-state index in [0.29, 0.717) is 35.6 Å². The molecule has 1 aliphatic rings. The molecular formula is C16H21ClN4O. The molecule has 1 saturated heterocycles. The van der Waals surface area contributed by atoms with Crippen LogP contribution in [0.2, 0.25) is 5.02 Å². The maximum absolute atomic E-state index is 12.2. The molecule has 0 radical (unpaired) electrons.